The van der Waals surface area contributed by atoms with E-state index in [4.69, 9.17) is 26.1 Å². The molecule has 15 nitrogen and oxygen atoms in total. The fourth-order valence-electron chi connectivity index (χ4n) is 8.39. The standard InChI is InChI=1S/C49H60ClN9O6S2/c1-28-31(4)67-48-41(28)42(34-16-18-36(50)19-17-34)54-37(45-57-56-32(5)59(45)48)25-39(60)51-20-24-64-22-10-23-65-26-40(61)55-44(49(6,7)8)47(63)58-21-9-11-38(58)46(62)53-29(2)33-12-14-35(15-13-33)43-30(3)52-27-66-43/h12-19,27,29,37-38,44H,9-11,20-26H2,1-8H3,(H,51,60)(H,53,62)(H,55,61)/t29-,37-,38-,44+/m0/s1. The largest absolute Gasteiger partial charge is 0.380 e. The number of thiazole rings is 1. The molecule has 1 saturated heterocycles. The first kappa shape index (κ1) is 49.6. The van der Waals surface area contributed by atoms with Gasteiger partial charge < -0.3 is 30.3 Å². The molecule has 18 heteroatoms. The van der Waals surface area contributed by atoms with Crippen molar-refractivity contribution in [2.45, 2.75) is 105 Å². The highest BCUT2D eigenvalue weighted by molar-refractivity contribution is 7.15. The lowest BCUT2D eigenvalue weighted by atomic mass is 9.85. The smallest absolute Gasteiger partial charge is 0.246 e. The summed E-state index contributed by atoms with van der Waals surface area (Å²) in [4.78, 5) is 67.5. The predicted molar refractivity (Wildman–Crippen MR) is 262 cm³/mol. The van der Waals surface area contributed by atoms with Gasteiger partial charge in [-0.1, -0.05) is 68.8 Å². The molecule has 0 unspecified atom stereocenters. The average Bonchev–Trinajstić information content (AvgIpc) is 4.09. The molecule has 3 aromatic heterocycles. The molecule has 2 aliphatic rings. The lowest BCUT2D eigenvalue weighted by molar-refractivity contribution is -0.144. The molecule has 4 amide bonds. The number of amides is 4. The van der Waals surface area contributed by atoms with Crippen LogP contribution < -0.4 is 16.0 Å². The van der Waals surface area contributed by atoms with Crippen LogP contribution >= 0.6 is 34.3 Å². The molecular weight excluding hydrogens is 910 g/mol. The summed E-state index contributed by atoms with van der Waals surface area (Å²) in [7, 11) is 0. The number of hydrogen-bond acceptors (Lipinski definition) is 12. The van der Waals surface area contributed by atoms with E-state index in [0.717, 1.165) is 54.9 Å². The number of carbonyl (C=O) groups excluding carboxylic acids is 4. The van der Waals surface area contributed by atoms with Crippen molar-refractivity contribution in [2.24, 2.45) is 10.4 Å². The van der Waals surface area contributed by atoms with Crippen LogP contribution in [0.15, 0.2) is 59.0 Å². The number of thiophene rings is 1. The highest BCUT2D eigenvalue weighted by atomic mass is 35.5. The molecule has 2 aromatic carbocycles. The fourth-order valence-corrected chi connectivity index (χ4v) is 10.5. The summed E-state index contributed by atoms with van der Waals surface area (Å²) >= 11 is 9.49. The minimum atomic E-state index is -0.861. The minimum absolute atomic E-state index is 0.0673. The van der Waals surface area contributed by atoms with Crippen molar-refractivity contribution in [3.63, 3.8) is 0 Å². The summed E-state index contributed by atoms with van der Waals surface area (Å²) in [6.45, 7) is 17.0. The van der Waals surface area contributed by atoms with Gasteiger partial charge in [0.05, 0.1) is 40.9 Å². The predicted octanol–water partition coefficient (Wildman–Crippen LogP) is 7.56. The third-order valence-corrected chi connectivity index (χ3v) is 14.6. The molecule has 4 atom stereocenters. The van der Waals surface area contributed by atoms with E-state index in [1.807, 2.05) is 100 Å². The summed E-state index contributed by atoms with van der Waals surface area (Å²) < 4.78 is 13.4. The zero-order chi connectivity index (χ0) is 48.0. The van der Waals surface area contributed by atoms with Gasteiger partial charge in [-0.25, -0.2) is 4.98 Å². The molecule has 0 radical (unpaired) electrons. The van der Waals surface area contributed by atoms with Crippen LogP contribution in [-0.4, -0.2) is 106 Å². The van der Waals surface area contributed by atoms with Crippen LogP contribution in [0.1, 0.15) is 110 Å². The molecule has 0 saturated carbocycles. The fraction of sp³-hybridized carbons (Fsp3) is 0.469. The average molecular weight is 971 g/mol. The van der Waals surface area contributed by atoms with Crippen LogP contribution in [0.25, 0.3) is 15.4 Å². The van der Waals surface area contributed by atoms with Gasteiger partial charge in [-0.05, 0) is 88.1 Å². The third kappa shape index (κ3) is 11.7. The molecule has 356 valence electrons. The van der Waals surface area contributed by atoms with Crippen LogP contribution in [0.5, 0.6) is 0 Å². The molecule has 5 aromatic rings. The molecule has 2 aliphatic heterocycles. The number of likely N-dealkylation sites (tertiary alicyclic amines) is 1. The molecular formula is C49H60ClN9O6S2. The Kier molecular flexibility index (Phi) is 16.1. The SMILES string of the molecule is Cc1ncsc1-c1ccc([C@H](C)NC(=O)[C@@H]2CCCN2C(=O)[C@@H](NC(=O)COCCCOCCNC(=O)C[C@@H]2N=C(c3ccc(Cl)cc3)c3c(sc(C)c3C)-n3c(C)nnc32)C(C)(C)C)cc1. The molecule has 7 rings (SSSR count). The number of aromatic nitrogens is 4. The number of halogens is 1. The summed E-state index contributed by atoms with van der Waals surface area (Å²) in [5.74, 6) is 0.203. The zero-order valence-corrected chi connectivity index (χ0v) is 41.8. The zero-order valence-electron chi connectivity index (χ0n) is 39.4. The Balaban J connectivity index is 0.831. The van der Waals surface area contributed by atoms with Crippen LogP contribution in [0.2, 0.25) is 5.02 Å². The van der Waals surface area contributed by atoms with Crippen LogP contribution in [0.3, 0.4) is 0 Å². The number of aryl methyl sites for hydroxylation is 3. The Bertz CT molecular complexity index is 2600. The third-order valence-electron chi connectivity index (χ3n) is 12.1. The van der Waals surface area contributed by atoms with Gasteiger partial charge in [-0.2, -0.15) is 0 Å². The second kappa shape index (κ2) is 21.7. The van der Waals surface area contributed by atoms with Gasteiger partial charge in [0.2, 0.25) is 23.6 Å². The van der Waals surface area contributed by atoms with Crippen molar-refractivity contribution in [3.05, 3.63) is 104 Å². The monoisotopic (exact) mass is 969 g/mol. The van der Waals surface area contributed by atoms with Gasteiger partial charge in [-0.15, -0.1) is 32.9 Å². The highest BCUT2D eigenvalue weighted by Gasteiger charge is 2.42. The maximum Gasteiger partial charge on any atom is 0.246 e. The number of ether oxygens (including phenoxy) is 2. The summed E-state index contributed by atoms with van der Waals surface area (Å²) in [5, 5.41) is 19.4. The van der Waals surface area contributed by atoms with Crippen molar-refractivity contribution >= 4 is 63.6 Å². The highest BCUT2D eigenvalue weighted by Crippen LogP contribution is 2.40. The van der Waals surface area contributed by atoms with Crippen LogP contribution in [0.4, 0.5) is 0 Å². The molecule has 0 bridgehead atoms. The van der Waals surface area contributed by atoms with Gasteiger partial charge in [0.15, 0.2) is 5.82 Å². The number of benzene rings is 2. The number of aliphatic imine (C=N–C) groups is 1. The number of nitrogens with zero attached hydrogens (tertiary/aromatic N) is 6. The molecule has 1 fully saturated rings. The van der Waals surface area contributed by atoms with E-state index in [9.17, 15) is 19.2 Å². The Hall–Kier alpha value is -5.33. The molecule has 67 heavy (non-hydrogen) atoms. The number of hydrogen-bond donors (Lipinski definition) is 3. The first-order valence-corrected chi connectivity index (χ1v) is 24.8. The van der Waals surface area contributed by atoms with Gasteiger partial charge >= 0.3 is 0 Å². The lowest BCUT2D eigenvalue weighted by Crippen LogP contribution is -2.58. The van der Waals surface area contributed by atoms with Crippen LogP contribution in [0, 0.1) is 33.1 Å². The molecule has 0 spiro atoms. The number of carbonyl (C=O) groups is 4. The Morgan fingerprint density at radius 3 is 2.33 bits per heavy atom. The van der Waals surface area contributed by atoms with Gasteiger partial charge in [0.25, 0.3) is 0 Å². The van der Waals surface area contributed by atoms with E-state index in [-0.39, 0.29) is 50.0 Å². The van der Waals surface area contributed by atoms with E-state index >= 15 is 0 Å². The van der Waals surface area contributed by atoms with Crippen LogP contribution in [-0.2, 0) is 28.7 Å². The quantitative estimate of drug-likeness (QED) is 0.0747. The molecule has 5 heterocycles. The van der Waals surface area contributed by atoms with Gasteiger partial charge in [-0.3, -0.25) is 28.7 Å². The summed E-state index contributed by atoms with van der Waals surface area (Å²) in [6, 6.07) is 13.3. The summed E-state index contributed by atoms with van der Waals surface area (Å²) in [6.07, 6.45) is 1.81. The van der Waals surface area contributed by atoms with Crippen molar-refractivity contribution in [2.75, 3.05) is 39.5 Å². The number of nitrogens with one attached hydrogen (secondary N) is 3. The first-order chi connectivity index (χ1) is 32.0. The Morgan fingerprint density at radius 1 is 0.910 bits per heavy atom. The van der Waals surface area contributed by atoms with Gasteiger partial charge in [0.1, 0.15) is 35.6 Å². The van der Waals surface area contributed by atoms with E-state index in [0.29, 0.717) is 49.8 Å². The van der Waals surface area contributed by atoms with Gasteiger partial charge in [0, 0.05) is 47.3 Å². The van der Waals surface area contributed by atoms with E-state index in [1.54, 1.807) is 27.6 Å². The van der Waals surface area contributed by atoms with Crippen molar-refractivity contribution in [1.29, 1.82) is 0 Å². The Labute approximate surface area is 405 Å². The van der Waals surface area contributed by atoms with E-state index in [2.05, 4.69) is 45.0 Å². The summed E-state index contributed by atoms with van der Waals surface area (Å²) in [5.41, 5.74) is 8.02. The minimum Gasteiger partial charge on any atom is -0.380 e. The van der Waals surface area contributed by atoms with Crippen molar-refractivity contribution in [1.82, 2.24) is 40.6 Å². The maximum atomic E-state index is 14.0. The van der Waals surface area contributed by atoms with Crippen molar-refractivity contribution in [3.8, 4) is 15.4 Å². The second-order valence-corrected chi connectivity index (χ2v) is 20.6. The molecule has 3 N–H and O–H groups in total. The maximum absolute atomic E-state index is 14.0. The number of rotatable bonds is 18. The first-order valence-electron chi connectivity index (χ1n) is 22.7. The lowest BCUT2D eigenvalue weighted by Gasteiger charge is -2.35. The van der Waals surface area contributed by atoms with E-state index in [1.165, 1.54) is 4.88 Å². The van der Waals surface area contributed by atoms with Crippen molar-refractivity contribution < 1.29 is 28.7 Å². The second-order valence-electron chi connectivity index (χ2n) is 18.2. The van der Waals surface area contributed by atoms with E-state index < -0.39 is 29.4 Å². The normalized spacial score (nSPS) is 16.7. The topological polar surface area (TPSA) is 182 Å². The Morgan fingerprint density at radius 2 is 1.63 bits per heavy atom. The molecule has 0 aliphatic carbocycles. The number of fused-ring (bicyclic) bond motifs is 3.